The number of aliphatic imine (C=N–C) groups is 1. The lowest BCUT2D eigenvalue weighted by atomic mass is 10.1. The van der Waals surface area contributed by atoms with E-state index in [1.54, 1.807) is 0 Å². The summed E-state index contributed by atoms with van der Waals surface area (Å²) in [5.74, 6) is 0. The molecule has 0 bridgehead atoms. The molecule has 0 amide bonds. The summed E-state index contributed by atoms with van der Waals surface area (Å²) in [4.78, 5) is 13.9. The van der Waals surface area contributed by atoms with E-state index < -0.39 is 0 Å². The van der Waals surface area contributed by atoms with Crippen molar-refractivity contribution in [2.24, 2.45) is 4.99 Å². The topological polar surface area (TPSA) is 45.9 Å². The van der Waals surface area contributed by atoms with Crippen LogP contribution in [-0.4, -0.2) is 71.6 Å². The van der Waals surface area contributed by atoms with E-state index in [9.17, 15) is 0 Å². The van der Waals surface area contributed by atoms with Crippen molar-refractivity contribution in [2.75, 3.05) is 46.1 Å². The average Bonchev–Trinajstić information content (AvgIpc) is 3.22. The molecule has 0 spiro atoms. The van der Waals surface area contributed by atoms with Crippen molar-refractivity contribution in [1.82, 2.24) is 19.4 Å². The van der Waals surface area contributed by atoms with Gasteiger partial charge in [0.15, 0.2) is 0 Å². The number of benzene rings is 2. The molecule has 6 nitrogen and oxygen atoms in total. The Balaban J connectivity index is 1.34. The zero-order valence-corrected chi connectivity index (χ0v) is 16.4. The van der Waals surface area contributed by atoms with E-state index in [1.165, 1.54) is 0 Å². The van der Waals surface area contributed by atoms with Gasteiger partial charge in [0.05, 0.1) is 24.2 Å². The normalized spacial score (nSPS) is 17.7. The number of para-hydroxylation sites is 1. The maximum Gasteiger partial charge on any atom is 0.109 e. The molecule has 2 aliphatic rings. The summed E-state index contributed by atoms with van der Waals surface area (Å²) in [6.07, 6.45) is 6.09. The Morgan fingerprint density at radius 2 is 1.83 bits per heavy atom. The molecule has 0 atom stereocenters. The van der Waals surface area contributed by atoms with Gasteiger partial charge in [0.25, 0.3) is 0 Å². The Bertz CT molecular complexity index is 1030. The van der Waals surface area contributed by atoms with Crippen LogP contribution in [0.1, 0.15) is 5.56 Å². The summed E-state index contributed by atoms with van der Waals surface area (Å²) in [6, 6.07) is 16.8. The molecule has 148 valence electrons. The first-order valence-corrected chi connectivity index (χ1v) is 10.2. The molecule has 3 heterocycles. The highest BCUT2D eigenvalue weighted by Gasteiger charge is 2.14. The molecule has 29 heavy (non-hydrogen) atoms. The van der Waals surface area contributed by atoms with Crippen molar-refractivity contribution in [3.05, 3.63) is 66.6 Å². The van der Waals surface area contributed by atoms with Gasteiger partial charge in [-0.1, -0.05) is 24.3 Å². The van der Waals surface area contributed by atoms with Gasteiger partial charge >= 0.3 is 0 Å². The van der Waals surface area contributed by atoms with Crippen molar-refractivity contribution >= 4 is 22.8 Å². The lowest BCUT2D eigenvalue weighted by Crippen LogP contribution is -2.40. The molecule has 2 aromatic carbocycles. The number of morpholine rings is 1. The van der Waals surface area contributed by atoms with E-state index in [0.717, 1.165) is 73.9 Å². The number of hydrogen-bond donors (Lipinski definition) is 0. The smallest absolute Gasteiger partial charge is 0.109 e. The first-order valence-electron chi connectivity index (χ1n) is 10.2. The summed E-state index contributed by atoms with van der Waals surface area (Å²) in [7, 11) is 0. The molecule has 5 rings (SSSR count). The number of imidazole rings is 1. The molecule has 6 heteroatoms. The Morgan fingerprint density at radius 1 is 0.966 bits per heavy atom. The van der Waals surface area contributed by atoms with E-state index in [-0.39, 0.29) is 0 Å². The Labute approximate surface area is 170 Å². The number of allylic oxidation sites excluding steroid dienone is 1. The number of ether oxygens (including phenoxy) is 1. The minimum atomic E-state index is 0.721. The molecule has 1 aromatic heterocycles. The first kappa shape index (κ1) is 18.1. The maximum atomic E-state index is 5.43. The fourth-order valence-electron chi connectivity index (χ4n) is 3.88. The van der Waals surface area contributed by atoms with Crippen LogP contribution in [0.4, 0.5) is 0 Å². The van der Waals surface area contributed by atoms with Crippen molar-refractivity contribution in [1.29, 1.82) is 0 Å². The van der Waals surface area contributed by atoms with Gasteiger partial charge in [0, 0.05) is 49.9 Å². The zero-order valence-electron chi connectivity index (χ0n) is 16.4. The van der Waals surface area contributed by atoms with Crippen LogP contribution in [0.2, 0.25) is 0 Å². The van der Waals surface area contributed by atoms with E-state index in [2.05, 4.69) is 60.9 Å². The largest absolute Gasteiger partial charge is 0.379 e. The van der Waals surface area contributed by atoms with Gasteiger partial charge in [0.1, 0.15) is 13.0 Å². The molecule has 0 saturated carbocycles. The summed E-state index contributed by atoms with van der Waals surface area (Å²) in [5.41, 5.74) is 5.50. The quantitative estimate of drug-likeness (QED) is 0.675. The number of aromatic nitrogens is 2. The standard InChI is InChI=1S/C23H25N5O/c1-2-4-21(5-3-1)28-18-25-22-14-19(6-7-23(22)28)20-15-24-17-27(16-20)9-8-26-10-12-29-13-11-26/h1-7,14-16,18H,8-13,17H2. The molecular formula is C23H25N5O. The zero-order chi connectivity index (χ0) is 19.5. The van der Waals surface area contributed by atoms with Crippen LogP contribution in [-0.2, 0) is 4.74 Å². The van der Waals surface area contributed by atoms with E-state index in [1.807, 2.05) is 30.7 Å². The highest BCUT2D eigenvalue weighted by Crippen LogP contribution is 2.23. The van der Waals surface area contributed by atoms with Crippen LogP contribution in [0, 0.1) is 0 Å². The number of hydrogen-bond acceptors (Lipinski definition) is 5. The van der Waals surface area contributed by atoms with Crippen LogP contribution in [0.5, 0.6) is 0 Å². The summed E-state index contributed by atoms with van der Waals surface area (Å²) >= 11 is 0. The highest BCUT2D eigenvalue weighted by atomic mass is 16.5. The monoisotopic (exact) mass is 387 g/mol. The molecular weight excluding hydrogens is 362 g/mol. The van der Waals surface area contributed by atoms with Crippen molar-refractivity contribution in [3.8, 4) is 5.69 Å². The van der Waals surface area contributed by atoms with Crippen LogP contribution in [0.25, 0.3) is 22.3 Å². The van der Waals surface area contributed by atoms with Crippen LogP contribution >= 0.6 is 0 Å². The van der Waals surface area contributed by atoms with Gasteiger partial charge in [-0.15, -0.1) is 0 Å². The lowest BCUT2D eigenvalue weighted by Gasteiger charge is -2.30. The molecule has 0 radical (unpaired) electrons. The molecule has 1 fully saturated rings. The van der Waals surface area contributed by atoms with Gasteiger partial charge in [-0.3, -0.25) is 14.5 Å². The molecule has 2 aliphatic heterocycles. The summed E-state index contributed by atoms with van der Waals surface area (Å²) in [6.45, 7) is 6.47. The van der Waals surface area contributed by atoms with E-state index in [0.29, 0.717) is 0 Å². The van der Waals surface area contributed by atoms with Gasteiger partial charge < -0.3 is 9.64 Å². The highest BCUT2D eigenvalue weighted by molar-refractivity contribution is 6.10. The van der Waals surface area contributed by atoms with Crippen molar-refractivity contribution in [2.45, 2.75) is 0 Å². The lowest BCUT2D eigenvalue weighted by molar-refractivity contribution is 0.0353. The second-order valence-electron chi connectivity index (χ2n) is 7.46. The van der Waals surface area contributed by atoms with Crippen molar-refractivity contribution < 1.29 is 4.74 Å². The summed E-state index contributed by atoms with van der Waals surface area (Å²) < 4.78 is 7.56. The van der Waals surface area contributed by atoms with Gasteiger partial charge in [0.2, 0.25) is 0 Å². The predicted molar refractivity (Wildman–Crippen MR) is 116 cm³/mol. The third-order valence-corrected chi connectivity index (χ3v) is 5.54. The predicted octanol–water partition coefficient (Wildman–Crippen LogP) is 3.04. The number of fused-ring (bicyclic) bond motifs is 1. The minimum absolute atomic E-state index is 0.721. The number of nitrogens with zero attached hydrogens (tertiary/aromatic N) is 5. The van der Waals surface area contributed by atoms with Crippen LogP contribution < -0.4 is 0 Å². The van der Waals surface area contributed by atoms with Crippen LogP contribution in [0.15, 0.2) is 66.1 Å². The third-order valence-electron chi connectivity index (χ3n) is 5.54. The fourth-order valence-corrected chi connectivity index (χ4v) is 3.88. The molecule has 0 aliphatic carbocycles. The van der Waals surface area contributed by atoms with E-state index >= 15 is 0 Å². The fraction of sp³-hybridized carbons (Fsp3) is 0.304. The average molecular weight is 387 g/mol. The Hall–Kier alpha value is -2.96. The summed E-state index contributed by atoms with van der Waals surface area (Å²) in [5, 5.41) is 0. The van der Waals surface area contributed by atoms with E-state index in [4.69, 9.17) is 4.74 Å². The minimum Gasteiger partial charge on any atom is -0.379 e. The second kappa shape index (κ2) is 8.19. The van der Waals surface area contributed by atoms with Gasteiger partial charge in [-0.2, -0.15) is 0 Å². The molecule has 1 saturated heterocycles. The van der Waals surface area contributed by atoms with Gasteiger partial charge in [-0.05, 0) is 29.8 Å². The Morgan fingerprint density at radius 3 is 2.69 bits per heavy atom. The van der Waals surface area contributed by atoms with Gasteiger partial charge in [-0.25, -0.2) is 4.98 Å². The van der Waals surface area contributed by atoms with Crippen LogP contribution in [0.3, 0.4) is 0 Å². The Kier molecular flexibility index (Phi) is 5.11. The van der Waals surface area contributed by atoms with Crippen molar-refractivity contribution in [3.63, 3.8) is 0 Å². The molecule has 0 N–H and O–H groups in total. The third kappa shape index (κ3) is 3.95. The SMILES string of the molecule is C1=NCN(CCN2CCOCC2)C=C1c1ccc2c(c1)ncn2-c1ccccc1. The molecule has 0 unspecified atom stereocenters. The number of rotatable bonds is 5. The molecule has 3 aromatic rings. The second-order valence-corrected chi connectivity index (χ2v) is 7.46. The first-order chi connectivity index (χ1) is 14.4. The maximum absolute atomic E-state index is 5.43.